The molecule has 116 valence electrons. The lowest BCUT2D eigenvalue weighted by molar-refractivity contribution is -0.122. The van der Waals surface area contributed by atoms with E-state index in [1.165, 1.54) is 0 Å². The van der Waals surface area contributed by atoms with Crippen molar-refractivity contribution in [2.24, 2.45) is 0 Å². The Morgan fingerprint density at radius 2 is 2.29 bits per heavy atom. The van der Waals surface area contributed by atoms with E-state index in [1.807, 2.05) is 23.1 Å². The van der Waals surface area contributed by atoms with Crippen molar-refractivity contribution in [3.63, 3.8) is 0 Å². The van der Waals surface area contributed by atoms with Crippen LogP contribution >= 0.6 is 0 Å². The highest BCUT2D eigenvalue weighted by molar-refractivity contribution is 7.91. The van der Waals surface area contributed by atoms with E-state index in [1.54, 1.807) is 13.2 Å². The molecule has 7 heteroatoms. The molecule has 1 saturated heterocycles. The minimum atomic E-state index is -2.91. The quantitative estimate of drug-likeness (QED) is 0.791. The van der Waals surface area contributed by atoms with Crippen molar-refractivity contribution < 1.29 is 13.2 Å². The number of likely N-dealkylation sites (N-methyl/N-ethyl adjacent to an activating group) is 1. The maximum atomic E-state index is 11.8. The molecule has 0 saturated carbocycles. The first-order valence-corrected chi connectivity index (χ1v) is 8.86. The molecule has 1 atom stereocenters. The zero-order chi connectivity index (χ0) is 15.3. The summed E-state index contributed by atoms with van der Waals surface area (Å²) < 4.78 is 22.9. The van der Waals surface area contributed by atoms with Crippen LogP contribution in [0.5, 0.6) is 0 Å². The summed E-state index contributed by atoms with van der Waals surface area (Å²) in [6.07, 6.45) is 3.03. The van der Waals surface area contributed by atoms with Crippen LogP contribution in [0, 0.1) is 0 Å². The van der Waals surface area contributed by atoms with E-state index >= 15 is 0 Å². The van der Waals surface area contributed by atoms with Gasteiger partial charge in [-0.15, -0.1) is 0 Å². The van der Waals surface area contributed by atoms with E-state index in [4.69, 9.17) is 0 Å². The molecule has 6 nitrogen and oxygen atoms in total. The topological polar surface area (TPSA) is 79.4 Å². The van der Waals surface area contributed by atoms with Gasteiger partial charge in [-0.25, -0.2) is 8.42 Å². The molecule has 0 bridgehead atoms. The third kappa shape index (κ3) is 5.09. The number of hydrogen-bond acceptors (Lipinski definition) is 5. The normalized spacial score (nSPS) is 20.6. The number of rotatable bonds is 6. The Kier molecular flexibility index (Phi) is 5.30. The van der Waals surface area contributed by atoms with Gasteiger partial charge in [0, 0.05) is 30.9 Å². The molecule has 21 heavy (non-hydrogen) atoms. The molecule has 1 N–H and O–H groups in total. The highest BCUT2D eigenvalue weighted by Crippen LogP contribution is 2.15. The van der Waals surface area contributed by atoms with Crippen LogP contribution in [0.3, 0.4) is 0 Å². The lowest BCUT2D eigenvalue weighted by Gasteiger charge is -2.22. The van der Waals surface area contributed by atoms with E-state index in [2.05, 4.69) is 10.3 Å². The number of aromatic nitrogens is 1. The number of amides is 1. The van der Waals surface area contributed by atoms with E-state index < -0.39 is 9.84 Å². The third-order valence-electron chi connectivity index (χ3n) is 3.65. The fraction of sp³-hybridized carbons (Fsp3) is 0.571. The van der Waals surface area contributed by atoms with Crippen molar-refractivity contribution >= 4 is 15.7 Å². The summed E-state index contributed by atoms with van der Waals surface area (Å²) in [6.45, 7) is 0.759. The highest BCUT2D eigenvalue weighted by Gasteiger charge is 2.31. The van der Waals surface area contributed by atoms with Gasteiger partial charge in [0.1, 0.15) is 0 Å². The van der Waals surface area contributed by atoms with Crippen molar-refractivity contribution in [3.05, 3.63) is 30.1 Å². The van der Waals surface area contributed by atoms with Gasteiger partial charge >= 0.3 is 0 Å². The summed E-state index contributed by atoms with van der Waals surface area (Å²) in [6, 6.07) is 5.64. The molecule has 0 radical (unpaired) electrons. The van der Waals surface area contributed by atoms with Crippen LogP contribution in [-0.4, -0.2) is 61.9 Å². The lowest BCUT2D eigenvalue weighted by atomic mass is 10.2. The smallest absolute Gasteiger partial charge is 0.234 e. The first-order chi connectivity index (χ1) is 9.96. The number of nitrogens with one attached hydrogen (secondary N) is 1. The Morgan fingerprint density at radius 3 is 2.90 bits per heavy atom. The molecule has 0 aliphatic carbocycles. The maximum Gasteiger partial charge on any atom is 0.234 e. The van der Waals surface area contributed by atoms with Crippen LogP contribution < -0.4 is 5.32 Å². The number of hydrogen-bond donors (Lipinski definition) is 1. The number of sulfone groups is 1. The molecule has 0 spiro atoms. The molecule has 2 rings (SSSR count). The molecule has 1 amide bonds. The van der Waals surface area contributed by atoms with Gasteiger partial charge in [-0.05, 0) is 25.6 Å². The van der Waals surface area contributed by atoms with Crippen LogP contribution in [0.15, 0.2) is 24.4 Å². The Balaban J connectivity index is 1.70. The van der Waals surface area contributed by atoms with E-state index in [9.17, 15) is 13.2 Å². The Labute approximate surface area is 125 Å². The van der Waals surface area contributed by atoms with Crippen molar-refractivity contribution in [1.29, 1.82) is 0 Å². The predicted molar refractivity (Wildman–Crippen MR) is 80.6 cm³/mol. The number of nitrogens with zero attached hydrogens (tertiary/aromatic N) is 2. The number of carbonyl (C=O) groups is 1. The predicted octanol–water partition coefficient (Wildman–Crippen LogP) is -0.141. The van der Waals surface area contributed by atoms with Gasteiger partial charge in [-0.1, -0.05) is 6.07 Å². The summed E-state index contributed by atoms with van der Waals surface area (Å²) in [5.41, 5.74) is 0.938. The Morgan fingerprint density at radius 1 is 1.48 bits per heavy atom. The molecular formula is C14H21N3O3S. The summed E-state index contributed by atoms with van der Waals surface area (Å²) in [7, 11) is -1.12. The number of pyridine rings is 1. The van der Waals surface area contributed by atoms with Crippen molar-refractivity contribution in [2.45, 2.75) is 18.9 Å². The summed E-state index contributed by atoms with van der Waals surface area (Å²) in [5, 5.41) is 2.84. The molecule has 1 aromatic rings. The SMILES string of the molecule is CN(CC(=O)NCCc1ccccn1)C1CCS(=O)(=O)C1. The second kappa shape index (κ2) is 7.00. The van der Waals surface area contributed by atoms with E-state index in [-0.39, 0.29) is 30.0 Å². The average Bonchev–Trinajstić information content (AvgIpc) is 2.80. The lowest BCUT2D eigenvalue weighted by Crippen LogP contribution is -2.41. The standard InChI is InChI=1S/C14H21N3O3S/c1-17(13-6-9-21(19,20)11-13)10-14(18)16-8-5-12-4-2-3-7-15-12/h2-4,7,13H,5-6,8-11H2,1H3,(H,16,18). The molecule has 1 aliphatic rings. The van der Waals surface area contributed by atoms with Crippen molar-refractivity contribution in [2.75, 3.05) is 31.6 Å². The molecule has 1 aromatic heterocycles. The van der Waals surface area contributed by atoms with Gasteiger partial charge in [0.2, 0.25) is 5.91 Å². The van der Waals surface area contributed by atoms with Crippen LogP contribution in [0.4, 0.5) is 0 Å². The second-order valence-corrected chi connectivity index (χ2v) is 7.62. The van der Waals surface area contributed by atoms with Gasteiger partial charge in [0.15, 0.2) is 9.84 Å². The van der Waals surface area contributed by atoms with Gasteiger partial charge in [-0.2, -0.15) is 0 Å². The van der Waals surface area contributed by atoms with Crippen LogP contribution in [-0.2, 0) is 21.1 Å². The first kappa shape index (κ1) is 15.9. The second-order valence-electron chi connectivity index (χ2n) is 5.39. The van der Waals surface area contributed by atoms with Gasteiger partial charge in [-0.3, -0.25) is 14.7 Å². The zero-order valence-corrected chi connectivity index (χ0v) is 13.0. The minimum absolute atomic E-state index is 0.0449. The minimum Gasteiger partial charge on any atom is -0.355 e. The maximum absolute atomic E-state index is 11.8. The molecule has 1 fully saturated rings. The highest BCUT2D eigenvalue weighted by atomic mass is 32.2. The Hall–Kier alpha value is -1.47. The molecule has 2 heterocycles. The van der Waals surface area contributed by atoms with Crippen molar-refractivity contribution in [3.8, 4) is 0 Å². The largest absolute Gasteiger partial charge is 0.355 e. The van der Waals surface area contributed by atoms with Crippen LogP contribution in [0.2, 0.25) is 0 Å². The van der Waals surface area contributed by atoms with Gasteiger partial charge in [0.25, 0.3) is 0 Å². The van der Waals surface area contributed by atoms with Gasteiger partial charge < -0.3 is 5.32 Å². The fourth-order valence-corrected chi connectivity index (χ4v) is 4.22. The number of carbonyl (C=O) groups excluding carboxylic acids is 1. The Bertz CT molecular complexity index is 574. The van der Waals surface area contributed by atoms with E-state index in [0.29, 0.717) is 19.4 Å². The fourth-order valence-electron chi connectivity index (χ4n) is 2.41. The monoisotopic (exact) mass is 311 g/mol. The van der Waals surface area contributed by atoms with Crippen LogP contribution in [0.25, 0.3) is 0 Å². The van der Waals surface area contributed by atoms with E-state index in [0.717, 1.165) is 5.69 Å². The summed E-state index contributed by atoms with van der Waals surface area (Å²) in [5.74, 6) is 0.298. The zero-order valence-electron chi connectivity index (χ0n) is 12.2. The molecular weight excluding hydrogens is 290 g/mol. The molecule has 0 aromatic carbocycles. The summed E-state index contributed by atoms with van der Waals surface area (Å²) >= 11 is 0. The summed E-state index contributed by atoms with van der Waals surface area (Å²) in [4.78, 5) is 17.8. The molecule has 1 aliphatic heterocycles. The third-order valence-corrected chi connectivity index (χ3v) is 5.40. The average molecular weight is 311 g/mol. The van der Waals surface area contributed by atoms with Crippen molar-refractivity contribution in [1.82, 2.24) is 15.2 Å². The van der Waals surface area contributed by atoms with Crippen LogP contribution in [0.1, 0.15) is 12.1 Å². The van der Waals surface area contributed by atoms with Gasteiger partial charge in [0.05, 0.1) is 18.1 Å². The molecule has 1 unspecified atom stereocenters. The first-order valence-electron chi connectivity index (χ1n) is 7.03.